The van der Waals surface area contributed by atoms with Crippen molar-refractivity contribution in [3.05, 3.63) is 87.4 Å². The van der Waals surface area contributed by atoms with Gasteiger partial charge >= 0.3 is 6.03 Å². The van der Waals surface area contributed by atoms with Gasteiger partial charge in [0, 0.05) is 37.4 Å². The molecule has 1 heterocycles. The molecule has 0 bridgehead atoms. The van der Waals surface area contributed by atoms with Gasteiger partial charge < -0.3 is 19.9 Å². The standard InChI is InChI=1S/C27H29FN4O3S/c1-20-12-15-36-25(20)18-32(17-22-4-8-23(28)9-5-22)26(33)19-31(13-3-14-35-2)27(34)30-24-10-6-21(16-29)7-11-24/h4-12,15H,3,13-14,17-19H2,1-2H3,(H,30,34). The second-order valence-corrected chi connectivity index (χ2v) is 9.29. The maximum absolute atomic E-state index is 13.5. The highest BCUT2D eigenvalue weighted by atomic mass is 32.1. The van der Waals surface area contributed by atoms with Gasteiger partial charge in [-0.05, 0) is 72.3 Å². The number of amides is 3. The molecule has 0 spiro atoms. The van der Waals surface area contributed by atoms with E-state index in [1.54, 1.807) is 59.7 Å². The summed E-state index contributed by atoms with van der Waals surface area (Å²) >= 11 is 1.57. The van der Waals surface area contributed by atoms with Gasteiger partial charge in [-0.15, -0.1) is 11.3 Å². The summed E-state index contributed by atoms with van der Waals surface area (Å²) in [4.78, 5) is 30.8. The molecule has 1 N–H and O–H groups in total. The van der Waals surface area contributed by atoms with Crippen molar-refractivity contribution in [2.75, 3.05) is 32.1 Å². The molecule has 0 aliphatic rings. The fourth-order valence-electron chi connectivity index (χ4n) is 3.53. The van der Waals surface area contributed by atoms with E-state index in [-0.39, 0.29) is 18.3 Å². The Morgan fingerprint density at radius 1 is 1.06 bits per heavy atom. The first-order valence-corrected chi connectivity index (χ1v) is 12.4. The molecule has 0 saturated heterocycles. The highest BCUT2D eigenvalue weighted by molar-refractivity contribution is 7.10. The molecule has 2 aromatic carbocycles. The molecule has 9 heteroatoms. The van der Waals surface area contributed by atoms with E-state index in [9.17, 15) is 14.0 Å². The number of rotatable bonds is 11. The third-order valence-electron chi connectivity index (χ3n) is 5.60. The van der Waals surface area contributed by atoms with Crippen LogP contribution >= 0.6 is 11.3 Å². The van der Waals surface area contributed by atoms with Gasteiger partial charge in [0.05, 0.1) is 18.2 Å². The van der Waals surface area contributed by atoms with Crippen LogP contribution in [0.15, 0.2) is 60.0 Å². The van der Waals surface area contributed by atoms with Crippen molar-refractivity contribution < 1.29 is 18.7 Å². The number of benzene rings is 2. The van der Waals surface area contributed by atoms with Gasteiger partial charge in [-0.1, -0.05) is 12.1 Å². The molecule has 36 heavy (non-hydrogen) atoms. The van der Waals surface area contributed by atoms with Crippen LogP contribution in [-0.4, -0.2) is 48.5 Å². The fraction of sp³-hybridized carbons (Fsp3) is 0.296. The van der Waals surface area contributed by atoms with Gasteiger partial charge in [-0.2, -0.15) is 5.26 Å². The summed E-state index contributed by atoms with van der Waals surface area (Å²) in [7, 11) is 1.58. The third-order valence-corrected chi connectivity index (χ3v) is 6.60. The van der Waals surface area contributed by atoms with Crippen LogP contribution < -0.4 is 5.32 Å². The van der Waals surface area contributed by atoms with Crippen LogP contribution in [-0.2, 0) is 22.6 Å². The summed E-state index contributed by atoms with van der Waals surface area (Å²) < 4.78 is 18.5. The van der Waals surface area contributed by atoms with Gasteiger partial charge in [-0.3, -0.25) is 4.79 Å². The first-order valence-electron chi connectivity index (χ1n) is 11.5. The number of methoxy groups -OCH3 is 1. The Kier molecular flexibility index (Phi) is 9.98. The first kappa shape index (κ1) is 26.9. The van der Waals surface area contributed by atoms with E-state index in [2.05, 4.69) is 5.32 Å². The molecule has 3 amide bonds. The van der Waals surface area contributed by atoms with Crippen molar-refractivity contribution in [2.45, 2.75) is 26.4 Å². The molecule has 0 aliphatic heterocycles. The van der Waals surface area contributed by atoms with Gasteiger partial charge in [0.25, 0.3) is 0 Å². The number of hydrogen-bond acceptors (Lipinski definition) is 5. The Bertz CT molecular complexity index is 1190. The number of carbonyl (C=O) groups is 2. The number of anilines is 1. The van der Waals surface area contributed by atoms with Crippen LogP contribution in [0.4, 0.5) is 14.9 Å². The van der Waals surface area contributed by atoms with Gasteiger partial charge in [-0.25, -0.2) is 9.18 Å². The average molecular weight is 509 g/mol. The molecule has 1 aromatic heterocycles. The minimum Gasteiger partial charge on any atom is -0.385 e. The van der Waals surface area contributed by atoms with E-state index in [4.69, 9.17) is 10.00 Å². The first-order chi connectivity index (χ1) is 17.4. The van der Waals surface area contributed by atoms with Gasteiger partial charge in [0.1, 0.15) is 12.4 Å². The summed E-state index contributed by atoms with van der Waals surface area (Å²) in [5.41, 5.74) is 2.90. The Hall–Kier alpha value is -3.74. The van der Waals surface area contributed by atoms with Gasteiger partial charge in [0.2, 0.25) is 5.91 Å². The van der Waals surface area contributed by atoms with Crippen molar-refractivity contribution >= 4 is 29.0 Å². The quantitative estimate of drug-likeness (QED) is 0.362. The van der Waals surface area contributed by atoms with Crippen molar-refractivity contribution in [3.63, 3.8) is 0 Å². The Morgan fingerprint density at radius 2 is 1.78 bits per heavy atom. The Morgan fingerprint density at radius 3 is 2.39 bits per heavy atom. The lowest BCUT2D eigenvalue weighted by atomic mass is 10.2. The smallest absolute Gasteiger partial charge is 0.322 e. The molecule has 7 nitrogen and oxygen atoms in total. The number of carbonyl (C=O) groups excluding carboxylic acids is 2. The number of nitrogens with one attached hydrogen (secondary N) is 1. The normalized spacial score (nSPS) is 10.5. The Labute approximate surface area is 214 Å². The number of urea groups is 1. The third kappa shape index (κ3) is 7.90. The van der Waals surface area contributed by atoms with E-state index < -0.39 is 6.03 Å². The zero-order chi connectivity index (χ0) is 25.9. The van der Waals surface area contributed by atoms with Gasteiger partial charge in [0.15, 0.2) is 0 Å². The number of ether oxygens (including phenoxy) is 1. The lowest BCUT2D eigenvalue weighted by molar-refractivity contribution is -0.133. The number of thiophene rings is 1. The highest BCUT2D eigenvalue weighted by Gasteiger charge is 2.23. The number of hydrogen-bond donors (Lipinski definition) is 1. The summed E-state index contributed by atoms with van der Waals surface area (Å²) in [6, 6.07) is 16.2. The molecule has 3 rings (SSSR count). The summed E-state index contributed by atoms with van der Waals surface area (Å²) in [5.74, 6) is -0.561. The molecule has 188 valence electrons. The van der Waals surface area contributed by atoms with Crippen LogP contribution in [0.3, 0.4) is 0 Å². The number of nitrogens with zero attached hydrogens (tertiary/aromatic N) is 3. The minimum atomic E-state index is -0.418. The Balaban J connectivity index is 1.77. The van der Waals surface area contributed by atoms with Crippen LogP contribution in [0.25, 0.3) is 0 Å². The summed E-state index contributed by atoms with van der Waals surface area (Å²) in [5, 5.41) is 13.8. The van der Waals surface area contributed by atoms with E-state index >= 15 is 0 Å². The van der Waals surface area contributed by atoms with Crippen LogP contribution in [0.5, 0.6) is 0 Å². The van der Waals surface area contributed by atoms with Crippen molar-refractivity contribution in [1.82, 2.24) is 9.80 Å². The van der Waals surface area contributed by atoms with Crippen LogP contribution in [0.2, 0.25) is 0 Å². The van der Waals surface area contributed by atoms with E-state index in [0.29, 0.717) is 43.9 Å². The second-order valence-electron chi connectivity index (χ2n) is 8.29. The predicted octanol–water partition coefficient (Wildman–Crippen LogP) is 5.17. The molecule has 0 radical (unpaired) electrons. The number of aryl methyl sites for hydroxylation is 1. The SMILES string of the molecule is COCCCN(CC(=O)N(Cc1ccc(F)cc1)Cc1sccc1C)C(=O)Nc1ccc(C#N)cc1. The minimum absolute atomic E-state index is 0.128. The van der Waals surface area contributed by atoms with Crippen LogP contribution in [0.1, 0.15) is 28.0 Å². The molecule has 0 saturated carbocycles. The summed E-state index contributed by atoms with van der Waals surface area (Å²) in [6.45, 7) is 3.32. The number of nitriles is 1. The monoisotopic (exact) mass is 508 g/mol. The van der Waals surface area contributed by atoms with Crippen LogP contribution in [0, 0.1) is 24.1 Å². The maximum atomic E-state index is 13.5. The lowest BCUT2D eigenvalue weighted by Gasteiger charge is -2.28. The topological polar surface area (TPSA) is 85.7 Å². The van der Waals surface area contributed by atoms with E-state index in [0.717, 1.165) is 16.0 Å². The fourth-order valence-corrected chi connectivity index (χ4v) is 4.45. The highest BCUT2D eigenvalue weighted by Crippen LogP contribution is 2.20. The molecule has 0 aliphatic carbocycles. The van der Waals surface area contributed by atoms with Crippen molar-refractivity contribution in [1.29, 1.82) is 5.26 Å². The average Bonchev–Trinajstić information content (AvgIpc) is 3.28. The molecule has 0 unspecified atom stereocenters. The number of halogens is 1. The van der Waals surface area contributed by atoms with Crippen molar-refractivity contribution in [3.8, 4) is 6.07 Å². The molecular formula is C27H29FN4O3S. The lowest BCUT2D eigenvalue weighted by Crippen LogP contribution is -2.44. The molecule has 0 atom stereocenters. The zero-order valence-corrected chi connectivity index (χ0v) is 21.2. The molecule has 0 fully saturated rings. The summed E-state index contributed by atoms with van der Waals surface area (Å²) in [6.07, 6.45) is 0.562. The maximum Gasteiger partial charge on any atom is 0.322 e. The van der Waals surface area contributed by atoms with E-state index in [1.165, 1.54) is 17.0 Å². The second kappa shape index (κ2) is 13.4. The molecular weight excluding hydrogens is 479 g/mol. The zero-order valence-electron chi connectivity index (χ0n) is 20.4. The molecule has 3 aromatic rings. The van der Waals surface area contributed by atoms with Crippen molar-refractivity contribution in [2.24, 2.45) is 0 Å². The largest absolute Gasteiger partial charge is 0.385 e. The van der Waals surface area contributed by atoms with E-state index in [1.807, 2.05) is 24.4 Å². The predicted molar refractivity (Wildman–Crippen MR) is 138 cm³/mol.